The molecular formula is C15H20N2O5S. The lowest BCUT2D eigenvalue weighted by molar-refractivity contribution is -0.384. The van der Waals surface area contributed by atoms with Gasteiger partial charge in [-0.1, -0.05) is 13.8 Å². The number of carbonyl (C=O) groups excluding carboxylic acids is 1. The standard InChI is InChI=1S/C15H20N2O5S/c1-10(2)7-11(15(19)20)8-16-14(18)9-23-13-5-3-12(4-6-13)17(21)22/h3-6,10-11H,7-9H2,1-2H3,(H,16,18)(H,19,20). The molecule has 0 aliphatic carbocycles. The van der Waals surface area contributed by atoms with E-state index in [4.69, 9.17) is 5.11 Å². The van der Waals surface area contributed by atoms with E-state index in [-0.39, 0.29) is 29.8 Å². The topological polar surface area (TPSA) is 110 Å². The van der Waals surface area contributed by atoms with Crippen LogP contribution in [0.1, 0.15) is 20.3 Å². The first-order valence-corrected chi connectivity index (χ1v) is 8.15. The van der Waals surface area contributed by atoms with E-state index in [1.807, 2.05) is 13.8 Å². The van der Waals surface area contributed by atoms with Crippen molar-refractivity contribution in [3.8, 4) is 0 Å². The van der Waals surface area contributed by atoms with E-state index in [2.05, 4.69) is 5.32 Å². The van der Waals surface area contributed by atoms with Crippen LogP contribution >= 0.6 is 11.8 Å². The SMILES string of the molecule is CC(C)CC(CNC(=O)CSc1ccc([N+](=O)[O-])cc1)C(=O)O. The third kappa shape index (κ3) is 7.14. The van der Waals surface area contributed by atoms with Gasteiger partial charge in [-0.2, -0.15) is 0 Å². The van der Waals surface area contributed by atoms with Crippen molar-refractivity contribution in [3.63, 3.8) is 0 Å². The maximum Gasteiger partial charge on any atom is 0.308 e. The summed E-state index contributed by atoms with van der Waals surface area (Å²) in [6.07, 6.45) is 0.505. The molecule has 0 aliphatic heterocycles. The number of nitrogens with one attached hydrogen (secondary N) is 1. The number of carboxylic acid groups (broad SMARTS) is 1. The Hall–Kier alpha value is -2.09. The number of amides is 1. The molecular weight excluding hydrogens is 320 g/mol. The molecule has 0 heterocycles. The van der Waals surface area contributed by atoms with E-state index in [9.17, 15) is 19.7 Å². The number of carboxylic acids is 1. The van der Waals surface area contributed by atoms with Crippen molar-refractivity contribution in [1.82, 2.24) is 5.32 Å². The second-order valence-electron chi connectivity index (χ2n) is 5.51. The van der Waals surface area contributed by atoms with E-state index in [1.165, 1.54) is 23.9 Å². The van der Waals surface area contributed by atoms with Gasteiger partial charge in [0.2, 0.25) is 5.91 Å². The van der Waals surface area contributed by atoms with Crippen molar-refractivity contribution in [2.75, 3.05) is 12.3 Å². The molecule has 1 aromatic rings. The number of carbonyl (C=O) groups is 2. The van der Waals surface area contributed by atoms with Crippen LogP contribution in [0.3, 0.4) is 0 Å². The Balaban J connectivity index is 2.41. The van der Waals surface area contributed by atoms with E-state index >= 15 is 0 Å². The molecule has 0 saturated carbocycles. The zero-order valence-corrected chi connectivity index (χ0v) is 13.8. The minimum absolute atomic E-state index is 0.00298. The Labute approximate surface area is 138 Å². The summed E-state index contributed by atoms with van der Waals surface area (Å²) in [4.78, 5) is 33.7. The summed E-state index contributed by atoms with van der Waals surface area (Å²) in [6, 6.07) is 5.91. The number of nitro groups is 1. The Morgan fingerprint density at radius 2 is 1.91 bits per heavy atom. The Bertz CT molecular complexity index is 559. The first kappa shape index (κ1) is 19.0. The second kappa shape index (κ2) is 9.14. The molecule has 1 aromatic carbocycles. The summed E-state index contributed by atoms with van der Waals surface area (Å²) < 4.78 is 0. The molecule has 126 valence electrons. The summed E-state index contributed by atoms with van der Waals surface area (Å²) in [5.74, 6) is -1.40. The molecule has 0 radical (unpaired) electrons. The van der Waals surface area contributed by atoms with Crippen molar-refractivity contribution in [2.45, 2.75) is 25.2 Å². The van der Waals surface area contributed by atoms with Crippen LogP contribution in [0.5, 0.6) is 0 Å². The number of hydrogen-bond donors (Lipinski definition) is 2. The van der Waals surface area contributed by atoms with E-state index in [0.717, 1.165) is 4.90 Å². The normalized spacial score (nSPS) is 12.0. The summed E-state index contributed by atoms with van der Waals surface area (Å²) in [5, 5.41) is 22.3. The third-order valence-electron chi connectivity index (χ3n) is 3.07. The zero-order valence-electron chi connectivity index (χ0n) is 13.0. The monoisotopic (exact) mass is 340 g/mol. The van der Waals surface area contributed by atoms with Crippen LogP contribution in [0.2, 0.25) is 0 Å². The third-order valence-corrected chi connectivity index (χ3v) is 4.08. The molecule has 0 aromatic heterocycles. The highest BCUT2D eigenvalue weighted by Crippen LogP contribution is 2.21. The average molecular weight is 340 g/mol. The molecule has 7 nitrogen and oxygen atoms in total. The first-order valence-electron chi connectivity index (χ1n) is 7.16. The Kier molecular flexibility index (Phi) is 7.53. The van der Waals surface area contributed by atoms with Gasteiger partial charge in [-0.05, 0) is 24.5 Å². The number of thioether (sulfide) groups is 1. The summed E-state index contributed by atoms with van der Waals surface area (Å²) in [5.41, 5.74) is -0.00298. The fourth-order valence-electron chi connectivity index (χ4n) is 1.94. The molecule has 23 heavy (non-hydrogen) atoms. The van der Waals surface area contributed by atoms with Crippen LogP contribution in [-0.2, 0) is 9.59 Å². The molecule has 0 saturated heterocycles. The molecule has 1 amide bonds. The predicted molar refractivity (Wildman–Crippen MR) is 87.4 cm³/mol. The number of nitrogens with zero attached hydrogens (tertiary/aromatic N) is 1. The minimum Gasteiger partial charge on any atom is -0.481 e. The minimum atomic E-state index is -0.915. The van der Waals surface area contributed by atoms with Gasteiger partial charge >= 0.3 is 5.97 Å². The zero-order chi connectivity index (χ0) is 17.4. The molecule has 1 atom stereocenters. The molecule has 0 aliphatic rings. The average Bonchev–Trinajstić information content (AvgIpc) is 2.49. The number of nitro benzene ring substituents is 1. The Morgan fingerprint density at radius 3 is 2.39 bits per heavy atom. The van der Waals surface area contributed by atoms with Crippen LogP contribution in [0, 0.1) is 22.0 Å². The smallest absolute Gasteiger partial charge is 0.308 e. The fraction of sp³-hybridized carbons (Fsp3) is 0.467. The van der Waals surface area contributed by atoms with Crippen LogP contribution < -0.4 is 5.32 Å². The maximum absolute atomic E-state index is 11.8. The lowest BCUT2D eigenvalue weighted by Gasteiger charge is -2.15. The summed E-state index contributed by atoms with van der Waals surface area (Å²) in [6.45, 7) is 3.97. The van der Waals surface area contributed by atoms with Gasteiger partial charge in [0.25, 0.3) is 5.69 Å². The van der Waals surface area contributed by atoms with Gasteiger partial charge < -0.3 is 10.4 Å². The van der Waals surface area contributed by atoms with Gasteiger partial charge in [-0.15, -0.1) is 11.8 Å². The summed E-state index contributed by atoms with van der Waals surface area (Å²) in [7, 11) is 0. The van der Waals surface area contributed by atoms with Gasteiger partial charge in [0, 0.05) is 23.6 Å². The highest BCUT2D eigenvalue weighted by Gasteiger charge is 2.19. The van der Waals surface area contributed by atoms with Crippen molar-refractivity contribution >= 4 is 29.3 Å². The van der Waals surface area contributed by atoms with Gasteiger partial charge in [-0.25, -0.2) is 0 Å². The number of rotatable bonds is 9. The number of hydrogen-bond acceptors (Lipinski definition) is 5. The maximum atomic E-state index is 11.8. The van der Waals surface area contributed by atoms with Crippen LogP contribution in [-0.4, -0.2) is 34.2 Å². The largest absolute Gasteiger partial charge is 0.481 e. The van der Waals surface area contributed by atoms with Gasteiger partial charge in [0.15, 0.2) is 0 Å². The molecule has 0 bridgehead atoms. The molecule has 1 unspecified atom stereocenters. The highest BCUT2D eigenvalue weighted by molar-refractivity contribution is 8.00. The van der Waals surface area contributed by atoms with Gasteiger partial charge in [0.05, 0.1) is 16.6 Å². The Morgan fingerprint density at radius 1 is 1.30 bits per heavy atom. The first-order chi connectivity index (χ1) is 10.8. The van der Waals surface area contributed by atoms with Crippen molar-refractivity contribution in [1.29, 1.82) is 0 Å². The molecule has 1 rings (SSSR count). The molecule has 0 spiro atoms. The predicted octanol–water partition coefficient (Wildman–Crippen LogP) is 2.55. The fourth-order valence-corrected chi connectivity index (χ4v) is 2.67. The number of benzene rings is 1. The van der Waals surface area contributed by atoms with Crippen molar-refractivity contribution in [3.05, 3.63) is 34.4 Å². The lowest BCUT2D eigenvalue weighted by Crippen LogP contribution is -2.34. The molecule has 8 heteroatoms. The highest BCUT2D eigenvalue weighted by atomic mass is 32.2. The second-order valence-corrected chi connectivity index (χ2v) is 6.56. The van der Waals surface area contributed by atoms with E-state index in [1.54, 1.807) is 12.1 Å². The van der Waals surface area contributed by atoms with Crippen LogP contribution in [0.15, 0.2) is 29.2 Å². The van der Waals surface area contributed by atoms with E-state index in [0.29, 0.717) is 6.42 Å². The van der Waals surface area contributed by atoms with E-state index < -0.39 is 16.8 Å². The van der Waals surface area contributed by atoms with Crippen molar-refractivity contribution < 1.29 is 19.6 Å². The number of non-ortho nitro benzene ring substituents is 1. The molecule has 0 fully saturated rings. The van der Waals surface area contributed by atoms with Crippen molar-refractivity contribution in [2.24, 2.45) is 11.8 Å². The lowest BCUT2D eigenvalue weighted by atomic mass is 9.97. The summed E-state index contributed by atoms with van der Waals surface area (Å²) >= 11 is 1.24. The van der Waals surface area contributed by atoms with Crippen LogP contribution in [0.25, 0.3) is 0 Å². The van der Waals surface area contributed by atoms with Gasteiger partial charge in [0.1, 0.15) is 0 Å². The number of aliphatic carboxylic acids is 1. The van der Waals surface area contributed by atoms with Crippen LogP contribution in [0.4, 0.5) is 5.69 Å². The quantitative estimate of drug-likeness (QED) is 0.406. The van der Waals surface area contributed by atoms with Gasteiger partial charge in [-0.3, -0.25) is 19.7 Å². The molecule has 2 N–H and O–H groups in total.